The molecule has 0 amide bonds. The first-order valence-electron chi connectivity index (χ1n) is 6.03. The van der Waals surface area contributed by atoms with Gasteiger partial charge in [0.05, 0.1) is 5.69 Å². The van der Waals surface area contributed by atoms with Gasteiger partial charge in [-0.05, 0) is 37.3 Å². The largest absolute Gasteiger partial charge is 0.507 e. The van der Waals surface area contributed by atoms with E-state index in [9.17, 15) is 17.9 Å². The summed E-state index contributed by atoms with van der Waals surface area (Å²) in [6.45, 7) is 1.77. The van der Waals surface area contributed by atoms with Crippen molar-refractivity contribution in [2.24, 2.45) is 0 Å². The van der Waals surface area contributed by atoms with Gasteiger partial charge in [0.15, 0.2) is 0 Å². The Kier molecular flexibility index (Phi) is 3.94. The molecule has 0 radical (unpaired) electrons. The van der Waals surface area contributed by atoms with Crippen molar-refractivity contribution in [1.82, 2.24) is 0 Å². The maximum absolute atomic E-state index is 13.3. The van der Waals surface area contributed by atoms with Gasteiger partial charge >= 0.3 is 0 Å². The van der Waals surface area contributed by atoms with Crippen LogP contribution in [-0.2, 0) is 10.0 Å². The van der Waals surface area contributed by atoms with Gasteiger partial charge in [0, 0.05) is 6.54 Å². The summed E-state index contributed by atoms with van der Waals surface area (Å²) in [4.78, 5) is -0.203. The van der Waals surface area contributed by atoms with Gasteiger partial charge in [0.1, 0.15) is 16.5 Å². The predicted octanol–water partition coefficient (Wildman–Crippen LogP) is 2.75. The Balaban J connectivity index is 2.54. The highest BCUT2D eigenvalue weighted by Gasteiger charge is 2.26. The highest BCUT2D eigenvalue weighted by Crippen LogP contribution is 2.29. The third-order valence-corrected chi connectivity index (χ3v) is 4.77. The minimum atomic E-state index is -3.93. The number of para-hydroxylation sites is 1. The second kappa shape index (κ2) is 5.50. The number of halogens is 1. The summed E-state index contributed by atoms with van der Waals surface area (Å²) in [5.74, 6) is -0.851. The molecule has 0 saturated carbocycles. The van der Waals surface area contributed by atoms with E-state index in [1.807, 2.05) is 0 Å². The van der Waals surface area contributed by atoms with E-state index >= 15 is 0 Å². The fourth-order valence-electron chi connectivity index (χ4n) is 1.92. The van der Waals surface area contributed by atoms with Crippen molar-refractivity contribution in [1.29, 1.82) is 0 Å². The summed E-state index contributed by atoms with van der Waals surface area (Å²) in [5.41, 5.74) is 0.218. The molecule has 0 aromatic heterocycles. The molecular weight excluding hydrogens is 281 g/mol. The predicted molar refractivity (Wildman–Crippen MR) is 74.7 cm³/mol. The average molecular weight is 295 g/mol. The zero-order chi connectivity index (χ0) is 14.8. The molecule has 0 fully saturated rings. The van der Waals surface area contributed by atoms with Crippen LogP contribution in [0.2, 0.25) is 0 Å². The van der Waals surface area contributed by atoms with Crippen LogP contribution in [0.25, 0.3) is 0 Å². The molecule has 6 heteroatoms. The maximum atomic E-state index is 13.3. The zero-order valence-corrected chi connectivity index (χ0v) is 11.6. The normalized spacial score (nSPS) is 11.3. The first-order chi connectivity index (χ1) is 9.46. The van der Waals surface area contributed by atoms with Crippen molar-refractivity contribution in [2.75, 3.05) is 10.8 Å². The summed E-state index contributed by atoms with van der Waals surface area (Å²) in [7, 11) is -3.93. The Bertz CT molecular complexity index is 716. The maximum Gasteiger partial charge on any atom is 0.267 e. The molecule has 0 unspecified atom stereocenters. The van der Waals surface area contributed by atoms with Crippen LogP contribution in [0, 0.1) is 5.82 Å². The van der Waals surface area contributed by atoms with Gasteiger partial charge < -0.3 is 5.11 Å². The zero-order valence-electron chi connectivity index (χ0n) is 10.8. The van der Waals surface area contributed by atoms with Gasteiger partial charge in [-0.15, -0.1) is 0 Å². The molecule has 0 bridgehead atoms. The third kappa shape index (κ3) is 2.60. The van der Waals surface area contributed by atoms with Crippen LogP contribution >= 0.6 is 0 Å². The standard InChI is InChI=1S/C14H14FNO3S/c1-2-16(12-7-5-6-11(15)10-12)20(18,19)14-9-4-3-8-13(14)17/h3-10,17H,2H2,1H3. The Labute approximate surface area is 117 Å². The van der Waals surface area contributed by atoms with Gasteiger partial charge in [-0.3, -0.25) is 4.31 Å². The average Bonchev–Trinajstić information content (AvgIpc) is 2.39. The van der Waals surface area contributed by atoms with Crippen molar-refractivity contribution < 1.29 is 17.9 Å². The van der Waals surface area contributed by atoms with E-state index < -0.39 is 15.8 Å². The van der Waals surface area contributed by atoms with E-state index in [2.05, 4.69) is 0 Å². The first kappa shape index (κ1) is 14.3. The fourth-order valence-corrected chi connectivity index (χ4v) is 3.47. The van der Waals surface area contributed by atoms with Crippen molar-refractivity contribution in [3.05, 3.63) is 54.3 Å². The van der Waals surface area contributed by atoms with Gasteiger partial charge in [-0.25, -0.2) is 12.8 Å². The minimum Gasteiger partial charge on any atom is -0.507 e. The van der Waals surface area contributed by atoms with Crippen LogP contribution in [0.3, 0.4) is 0 Å². The quantitative estimate of drug-likeness (QED) is 0.943. The number of aromatic hydroxyl groups is 1. The highest BCUT2D eigenvalue weighted by atomic mass is 32.2. The number of anilines is 1. The SMILES string of the molecule is CCN(c1cccc(F)c1)S(=O)(=O)c1ccccc1O. The lowest BCUT2D eigenvalue weighted by molar-refractivity contribution is 0.458. The Morgan fingerprint density at radius 2 is 1.85 bits per heavy atom. The summed E-state index contributed by atoms with van der Waals surface area (Å²) in [5, 5.41) is 9.71. The molecule has 1 N–H and O–H groups in total. The number of sulfonamides is 1. The molecule has 106 valence electrons. The molecule has 0 saturated heterocycles. The fraction of sp³-hybridized carbons (Fsp3) is 0.143. The van der Waals surface area contributed by atoms with Crippen LogP contribution in [0.4, 0.5) is 10.1 Å². The number of rotatable bonds is 4. The highest BCUT2D eigenvalue weighted by molar-refractivity contribution is 7.93. The molecule has 2 aromatic carbocycles. The number of phenols is 1. The monoisotopic (exact) mass is 295 g/mol. The summed E-state index contributed by atoms with van der Waals surface area (Å²) < 4.78 is 39.4. The number of phenolic OH excluding ortho intramolecular Hbond substituents is 1. The molecule has 0 aliphatic carbocycles. The summed E-state index contributed by atoms with van der Waals surface area (Å²) in [6.07, 6.45) is 0. The van der Waals surface area contributed by atoms with Crippen molar-refractivity contribution in [2.45, 2.75) is 11.8 Å². The van der Waals surface area contributed by atoms with Crippen LogP contribution in [0.15, 0.2) is 53.4 Å². The minimum absolute atomic E-state index is 0.125. The van der Waals surface area contributed by atoms with Crippen LogP contribution in [0.1, 0.15) is 6.92 Å². The van der Waals surface area contributed by atoms with E-state index in [-0.39, 0.29) is 22.9 Å². The van der Waals surface area contributed by atoms with Crippen LogP contribution in [-0.4, -0.2) is 20.1 Å². The van der Waals surface area contributed by atoms with Crippen LogP contribution < -0.4 is 4.31 Å². The molecule has 4 nitrogen and oxygen atoms in total. The van der Waals surface area contributed by atoms with Gasteiger partial charge in [0.25, 0.3) is 10.0 Å². The van der Waals surface area contributed by atoms with Gasteiger partial charge in [0.2, 0.25) is 0 Å². The van der Waals surface area contributed by atoms with E-state index in [0.717, 1.165) is 10.4 Å². The summed E-state index contributed by atoms with van der Waals surface area (Å²) >= 11 is 0. The Morgan fingerprint density at radius 3 is 2.45 bits per heavy atom. The molecule has 0 aliphatic rings. The second-order valence-corrected chi connectivity index (χ2v) is 5.95. The lowest BCUT2D eigenvalue weighted by Crippen LogP contribution is -2.30. The van der Waals surface area contributed by atoms with Crippen molar-refractivity contribution in [3.8, 4) is 5.75 Å². The van der Waals surface area contributed by atoms with E-state index in [4.69, 9.17) is 0 Å². The molecule has 20 heavy (non-hydrogen) atoms. The van der Waals surface area contributed by atoms with E-state index in [1.54, 1.807) is 6.92 Å². The van der Waals surface area contributed by atoms with Crippen molar-refractivity contribution >= 4 is 15.7 Å². The molecule has 0 heterocycles. The van der Waals surface area contributed by atoms with Crippen molar-refractivity contribution in [3.63, 3.8) is 0 Å². The topological polar surface area (TPSA) is 57.6 Å². The lowest BCUT2D eigenvalue weighted by Gasteiger charge is -2.23. The Hall–Kier alpha value is -2.08. The molecule has 2 rings (SSSR count). The molecule has 0 aliphatic heterocycles. The number of hydrogen-bond acceptors (Lipinski definition) is 3. The van der Waals surface area contributed by atoms with E-state index in [0.29, 0.717) is 0 Å². The number of benzene rings is 2. The molecule has 0 atom stereocenters. The summed E-state index contributed by atoms with van der Waals surface area (Å²) in [6, 6.07) is 11.0. The smallest absolute Gasteiger partial charge is 0.267 e. The van der Waals surface area contributed by atoms with Crippen LogP contribution in [0.5, 0.6) is 5.75 Å². The van der Waals surface area contributed by atoms with Gasteiger partial charge in [-0.2, -0.15) is 0 Å². The Morgan fingerprint density at radius 1 is 1.15 bits per heavy atom. The lowest BCUT2D eigenvalue weighted by atomic mass is 10.3. The third-order valence-electron chi connectivity index (χ3n) is 2.82. The second-order valence-electron chi connectivity index (χ2n) is 4.12. The first-order valence-corrected chi connectivity index (χ1v) is 7.47. The molecule has 2 aromatic rings. The number of nitrogens with zero attached hydrogens (tertiary/aromatic N) is 1. The van der Waals surface area contributed by atoms with Gasteiger partial charge in [-0.1, -0.05) is 18.2 Å². The molecular formula is C14H14FNO3S. The van der Waals surface area contributed by atoms with E-state index in [1.165, 1.54) is 42.5 Å². The number of hydrogen-bond donors (Lipinski definition) is 1. The molecule has 0 spiro atoms.